The summed E-state index contributed by atoms with van der Waals surface area (Å²) in [6.45, 7) is 0.918. The van der Waals surface area contributed by atoms with Crippen LogP contribution in [0.4, 0.5) is 10.1 Å². The predicted octanol–water partition coefficient (Wildman–Crippen LogP) is 4.11. The molecule has 3 heteroatoms. The molecule has 0 bridgehead atoms. The Labute approximate surface area is 104 Å². The third kappa shape index (κ3) is 1.79. The van der Waals surface area contributed by atoms with Crippen molar-refractivity contribution in [2.75, 3.05) is 11.9 Å². The molecular formula is C14H11ClFN. The summed E-state index contributed by atoms with van der Waals surface area (Å²) in [5, 5.41) is 3.72. The second-order valence-electron chi connectivity index (χ2n) is 4.13. The highest BCUT2D eigenvalue weighted by molar-refractivity contribution is 6.30. The van der Waals surface area contributed by atoms with Crippen molar-refractivity contribution in [3.63, 3.8) is 0 Å². The van der Waals surface area contributed by atoms with Gasteiger partial charge in [-0.15, -0.1) is 0 Å². The lowest BCUT2D eigenvalue weighted by Gasteiger charge is -2.09. The fourth-order valence-corrected chi connectivity index (χ4v) is 2.46. The molecule has 2 aromatic rings. The van der Waals surface area contributed by atoms with Gasteiger partial charge in [0.1, 0.15) is 5.82 Å². The van der Waals surface area contributed by atoms with Crippen molar-refractivity contribution < 1.29 is 4.39 Å². The second kappa shape index (κ2) is 4.04. The van der Waals surface area contributed by atoms with Crippen molar-refractivity contribution in [2.45, 2.75) is 6.42 Å². The first kappa shape index (κ1) is 10.6. The Balaban J connectivity index is 2.19. The number of halogens is 2. The zero-order chi connectivity index (χ0) is 11.8. The predicted molar refractivity (Wildman–Crippen MR) is 69.0 cm³/mol. The summed E-state index contributed by atoms with van der Waals surface area (Å²) in [6, 6.07) is 10.8. The van der Waals surface area contributed by atoms with Crippen LogP contribution in [0.5, 0.6) is 0 Å². The van der Waals surface area contributed by atoms with E-state index in [2.05, 4.69) is 5.32 Å². The van der Waals surface area contributed by atoms with Gasteiger partial charge in [-0.1, -0.05) is 23.7 Å². The summed E-state index contributed by atoms with van der Waals surface area (Å²) in [5.41, 5.74) is 3.88. The van der Waals surface area contributed by atoms with Crippen molar-refractivity contribution in [1.29, 1.82) is 0 Å². The van der Waals surface area contributed by atoms with Gasteiger partial charge in [-0.25, -0.2) is 4.39 Å². The van der Waals surface area contributed by atoms with Crippen molar-refractivity contribution in [1.82, 2.24) is 0 Å². The van der Waals surface area contributed by atoms with Crippen molar-refractivity contribution in [3.8, 4) is 11.1 Å². The number of hydrogen-bond acceptors (Lipinski definition) is 1. The van der Waals surface area contributed by atoms with Gasteiger partial charge in [0, 0.05) is 22.8 Å². The number of hydrogen-bond donors (Lipinski definition) is 1. The summed E-state index contributed by atoms with van der Waals surface area (Å²) >= 11 is 5.77. The van der Waals surface area contributed by atoms with Gasteiger partial charge in [0.25, 0.3) is 0 Å². The molecule has 3 rings (SSSR count). The van der Waals surface area contributed by atoms with E-state index in [4.69, 9.17) is 11.6 Å². The van der Waals surface area contributed by atoms with Crippen LogP contribution in [0.3, 0.4) is 0 Å². The van der Waals surface area contributed by atoms with E-state index in [-0.39, 0.29) is 5.82 Å². The van der Waals surface area contributed by atoms with Crippen molar-refractivity contribution in [3.05, 3.63) is 52.8 Å². The van der Waals surface area contributed by atoms with Gasteiger partial charge in [0.05, 0.1) is 0 Å². The van der Waals surface area contributed by atoms with E-state index in [1.807, 2.05) is 18.2 Å². The summed E-state index contributed by atoms with van der Waals surface area (Å²) in [5.74, 6) is -0.266. The lowest BCUT2D eigenvalue weighted by atomic mass is 9.97. The lowest BCUT2D eigenvalue weighted by Crippen LogP contribution is -1.90. The van der Waals surface area contributed by atoms with Crippen LogP contribution in [0.25, 0.3) is 11.1 Å². The molecule has 0 unspecified atom stereocenters. The lowest BCUT2D eigenvalue weighted by molar-refractivity contribution is 0.631. The number of fused-ring (bicyclic) bond motifs is 1. The van der Waals surface area contributed by atoms with E-state index in [0.717, 1.165) is 24.2 Å². The SMILES string of the molecule is Fc1cc(Cl)ccc1-c1cccc2c1CCN2. The molecule has 0 aromatic heterocycles. The molecule has 0 atom stereocenters. The molecule has 1 aliphatic heterocycles. The number of rotatable bonds is 1. The number of benzene rings is 2. The maximum atomic E-state index is 13.9. The van der Waals surface area contributed by atoms with Crippen molar-refractivity contribution in [2.24, 2.45) is 0 Å². The molecule has 0 saturated heterocycles. The zero-order valence-corrected chi connectivity index (χ0v) is 9.89. The molecule has 1 N–H and O–H groups in total. The smallest absolute Gasteiger partial charge is 0.132 e. The van der Waals surface area contributed by atoms with Gasteiger partial charge in [-0.05, 0) is 41.8 Å². The van der Waals surface area contributed by atoms with Crippen LogP contribution in [0.2, 0.25) is 5.02 Å². The Morgan fingerprint density at radius 3 is 2.82 bits per heavy atom. The highest BCUT2D eigenvalue weighted by Gasteiger charge is 2.16. The monoisotopic (exact) mass is 247 g/mol. The van der Waals surface area contributed by atoms with E-state index in [1.165, 1.54) is 11.6 Å². The number of nitrogens with one attached hydrogen (secondary N) is 1. The number of anilines is 1. The van der Waals surface area contributed by atoms with E-state index in [0.29, 0.717) is 10.6 Å². The average Bonchev–Trinajstić information content (AvgIpc) is 2.77. The molecule has 0 amide bonds. The minimum Gasteiger partial charge on any atom is -0.384 e. The Kier molecular flexibility index (Phi) is 2.52. The molecule has 1 heterocycles. The molecule has 0 spiro atoms. The molecule has 0 aliphatic carbocycles. The molecule has 1 nitrogen and oxygen atoms in total. The summed E-state index contributed by atoms with van der Waals surface area (Å²) < 4.78 is 13.9. The molecule has 0 fully saturated rings. The minimum atomic E-state index is -0.266. The highest BCUT2D eigenvalue weighted by atomic mass is 35.5. The third-order valence-electron chi connectivity index (χ3n) is 3.09. The molecule has 0 saturated carbocycles. The van der Waals surface area contributed by atoms with Gasteiger partial charge < -0.3 is 5.32 Å². The maximum Gasteiger partial charge on any atom is 0.132 e. The molecule has 86 valence electrons. The van der Waals surface area contributed by atoms with Crippen LogP contribution < -0.4 is 5.32 Å². The van der Waals surface area contributed by atoms with E-state index >= 15 is 0 Å². The van der Waals surface area contributed by atoms with Crippen LogP contribution in [0.1, 0.15) is 5.56 Å². The first-order valence-corrected chi connectivity index (χ1v) is 5.95. The highest BCUT2D eigenvalue weighted by Crippen LogP contribution is 2.34. The fraction of sp³-hybridized carbons (Fsp3) is 0.143. The molecule has 1 aliphatic rings. The minimum absolute atomic E-state index is 0.266. The Bertz CT molecular complexity index is 580. The molecule has 0 radical (unpaired) electrons. The normalized spacial score (nSPS) is 13.3. The van der Waals surface area contributed by atoms with Gasteiger partial charge >= 0.3 is 0 Å². The van der Waals surface area contributed by atoms with Gasteiger partial charge in [0.2, 0.25) is 0 Å². The first-order chi connectivity index (χ1) is 8.25. The molecule has 2 aromatic carbocycles. The van der Waals surface area contributed by atoms with Crippen LogP contribution in [-0.4, -0.2) is 6.54 Å². The van der Waals surface area contributed by atoms with Gasteiger partial charge in [0.15, 0.2) is 0 Å². The topological polar surface area (TPSA) is 12.0 Å². The van der Waals surface area contributed by atoms with E-state index in [9.17, 15) is 4.39 Å². The summed E-state index contributed by atoms with van der Waals surface area (Å²) in [7, 11) is 0. The Hall–Kier alpha value is -1.54. The zero-order valence-electron chi connectivity index (χ0n) is 9.13. The van der Waals surface area contributed by atoms with Crippen LogP contribution in [0.15, 0.2) is 36.4 Å². The fourth-order valence-electron chi connectivity index (χ4n) is 2.30. The van der Waals surface area contributed by atoms with Gasteiger partial charge in [-0.3, -0.25) is 0 Å². The Morgan fingerprint density at radius 1 is 1.12 bits per heavy atom. The van der Waals surface area contributed by atoms with Crippen LogP contribution in [-0.2, 0) is 6.42 Å². The molecule has 17 heavy (non-hydrogen) atoms. The van der Waals surface area contributed by atoms with Crippen LogP contribution in [0, 0.1) is 5.82 Å². The largest absolute Gasteiger partial charge is 0.384 e. The summed E-state index contributed by atoms with van der Waals surface area (Å²) in [4.78, 5) is 0. The van der Waals surface area contributed by atoms with E-state index < -0.39 is 0 Å². The van der Waals surface area contributed by atoms with Crippen LogP contribution >= 0.6 is 11.6 Å². The second-order valence-corrected chi connectivity index (χ2v) is 4.57. The maximum absolute atomic E-state index is 13.9. The Morgan fingerprint density at radius 2 is 2.00 bits per heavy atom. The van der Waals surface area contributed by atoms with Gasteiger partial charge in [-0.2, -0.15) is 0 Å². The standard InChI is InChI=1S/C14H11ClFN/c15-9-4-5-11(13(16)8-9)10-2-1-3-14-12(10)6-7-17-14/h1-5,8,17H,6-7H2. The van der Waals surface area contributed by atoms with Crippen molar-refractivity contribution >= 4 is 17.3 Å². The van der Waals surface area contributed by atoms with E-state index in [1.54, 1.807) is 12.1 Å². The first-order valence-electron chi connectivity index (χ1n) is 5.57. The average molecular weight is 248 g/mol. The summed E-state index contributed by atoms with van der Waals surface area (Å²) in [6.07, 6.45) is 0.938. The molecular weight excluding hydrogens is 237 g/mol. The quantitative estimate of drug-likeness (QED) is 0.800. The third-order valence-corrected chi connectivity index (χ3v) is 3.32.